The van der Waals surface area contributed by atoms with Crippen molar-refractivity contribution in [3.63, 3.8) is 0 Å². The van der Waals surface area contributed by atoms with Crippen LogP contribution < -0.4 is 38.3 Å². The summed E-state index contributed by atoms with van der Waals surface area (Å²) in [6.07, 6.45) is -4.93. The Balaban J connectivity index is 0.00000288. The molecule has 0 spiro atoms. The predicted molar refractivity (Wildman–Crippen MR) is 73.3 cm³/mol. The molecule has 1 aromatic carbocycles. The minimum absolute atomic E-state index is 0. The fourth-order valence-electron chi connectivity index (χ4n) is 2.13. The molecule has 1 aliphatic heterocycles. The molecule has 0 aliphatic carbocycles. The van der Waals surface area contributed by atoms with Crippen molar-refractivity contribution in [2.75, 3.05) is 19.1 Å². The van der Waals surface area contributed by atoms with Gasteiger partial charge in [0, 0.05) is 6.07 Å². The Bertz CT molecular complexity index is 717. The largest absolute Gasteiger partial charge is 1.00 e. The summed E-state index contributed by atoms with van der Waals surface area (Å²) < 4.78 is 49.5. The van der Waals surface area contributed by atoms with Gasteiger partial charge in [-0.25, -0.2) is 4.99 Å². The molecule has 0 radical (unpaired) electrons. The van der Waals surface area contributed by atoms with Gasteiger partial charge in [-0.2, -0.15) is 13.2 Å². The molecule has 0 aromatic heterocycles. The van der Waals surface area contributed by atoms with E-state index >= 15 is 0 Å². The van der Waals surface area contributed by atoms with Crippen molar-refractivity contribution in [3.05, 3.63) is 29.7 Å². The molecule has 0 atom stereocenters. The molecule has 10 heteroatoms. The molecule has 1 amide bonds. The molecule has 0 saturated carbocycles. The predicted octanol–water partition coefficient (Wildman–Crippen LogP) is -1.47. The van der Waals surface area contributed by atoms with Gasteiger partial charge in [0.25, 0.3) is 5.91 Å². The van der Waals surface area contributed by atoms with Crippen molar-refractivity contribution in [2.24, 2.45) is 4.99 Å². The van der Waals surface area contributed by atoms with Gasteiger partial charge in [-0.15, -0.1) is 6.26 Å². The van der Waals surface area contributed by atoms with E-state index in [9.17, 15) is 23.1 Å². The summed E-state index contributed by atoms with van der Waals surface area (Å²) >= 11 is 0. The summed E-state index contributed by atoms with van der Waals surface area (Å²) in [5, 5.41) is 10.8. The number of hydrogen-bond donors (Lipinski definition) is 0. The Morgan fingerprint density at radius 1 is 1.21 bits per heavy atom. The maximum Gasteiger partial charge on any atom is 1.00 e. The van der Waals surface area contributed by atoms with Gasteiger partial charge in [0.05, 0.1) is 19.9 Å². The van der Waals surface area contributed by atoms with E-state index in [-0.39, 0.29) is 36.6 Å². The van der Waals surface area contributed by atoms with Gasteiger partial charge in [-0.3, -0.25) is 9.69 Å². The zero-order valence-electron chi connectivity index (χ0n) is 13.4. The second-order valence-corrected chi connectivity index (χ2v) is 4.57. The number of halogens is 3. The number of carbonyl (C=O) groups excluding carboxylic acids is 1. The number of aryl methyl sites for hydroxylation is 1. The summed E-state index contributed by atoms with van der Waals surface area (Å²) in [7, 11) is 2.63. The van der Waals surface area contributed by atoms with E-state index in [1.165, 1.54) is 26.4 Å². The van der Waals surface area contributed by atoms with Crippen LogP contribution in [0.5, 0.6) is 11.5 Å². The number of hydrogen-bond acceptors (Lipinski definition) is 5. The van der Waals surface area contributed by atoms with Crippen molar-refractivity contribution in [2.45, 2.75) is 13.1 Å². The molecule has 24 heavy (non-hydrogen) atoms. The number of amides is 1. The SMILES string of the molecule is COc1cc(OC)c(N2C(=O)/C(=C\[O-])N=C2C(F)(F)F)cc1C.[Li+]. The van der Waals surface area contributed by atoms with E-state index < -0.39 is 23.6 Å². The first-order valence-electron chi connectivity index (χ1n) is 6.29. The Kier molecular flexibility index (Phi) is 5.97. The van der Waals surface area contributed by atoms with E-state index in [2.05, 4.69) is 4.99 Å². The van der Waals surface area contributed by atoms with E-state index in [0.29, 0.717) is 16.2 Å². The van der Waals surface area contributed by atoms with E-state index in [1.807, 2.05) is 0 Å². The first kappa shape index (κ1) is 19.9. The number of carbonyl (C=O) groups is 1. The zero-order chi connectivity index (χ0) is 17.4. The molecule has 0 N–H and O–H groups in total. The Labute approximate surface area is 147 Å². The number of nitrogens with zero attached hydrogens (tertiary/aromatic N) is 2. The van der Waals surface area contributed by atoms with Crippen LogP contribution in [0.4, 0.5) is 18.9 Å². The Hall–Kier alpha value is -2.11. The maximum absolute atomic E-state index is 13.1. The summed E-state index contributed by atoms with van der Waals surface area (Å²) in [6.45, 7) is 1.59. The fraction of sp³-hybridized carbons (Fsp3) is 0.286. The van der Waals surface area contributed by atoms with E-state index in [4.69, 9.17) is 9.47 Å². The van der Waals surface area contributed by atoms with Crippen LogP contribution in [0.15, 0.2) is 29.1 Å². The quantitative estimate of drug-likeness (QED) is 0.384. The monoisotopic (exact) mass is 336 g/mol. The smallest absolute Gasteiger partial charge is 0.876 e. The summed E-state index contributed by atoms with van der Waals surface area (Å²) in [4.78, 5) is 15.5. The van der Waals surface area contributed by atoms with Crippen LogP contribution in [0.1, 0.15) is 5.56 Å². The van der Waals surface area contributed by atoms with Crippen molar-refractivity contribution in [3.8, 4) is 11.5 Å². The molecule has 0 saturated heterocycles. The standard InChI is InChI=1S/C14H13F3N2O4.Li/c1-7-4-9(11(23-3)5-10(7)22-2)19-12(21)8(6-20)18-13(19)14(15,16)17;/h4-6,20H,1-3H3;/q;+1/p-1/b8-6+;. The number of alkyl halides is 3. The van der Waals surface area contributed by atoms with Crippen LogP contribution in [0, 0.1) is 6.92 Å². The molecule has 1 aromatic rings. The van der Waals surface area contributed by atoms with Gasteiger partial charge in [0.1, 0.15) is 17.2 Å². The van der Waals surface area contributed by atoms with Crippen LogP contribution in [0.25, 0.3) is 0 Å². The van der Waals surface area contributed by atoms with Crippen molar-refractivity contribution in [1.82, 2.24) is 0 Å². The number of anilines is 1. The second-order valence-electron chi connectivity index (χ2n) is 4.57. The number of ether oxygens (including phenoxy) is 2. The molecular weight excluding hydrogens is 324 g/mol. The molecule has 1 aliphatic rings. The van der Waals surface area contributed by atoms with Crippen LogP contribution in [-0.4, -0.2) is 32.1 Å². The first-order chi connectivity index (χ1) is 10.7. The summed E-state index contributed by atoms with van der Waals surface area (Å²) in [5.74, 6) is -2.31. The van der Waals surface area contributed by atoms with Gasteiger partial charge < -0.3 is 14.6 Å². The average Bonchev–Trinajstić information content (AvgIpc) is 2.83. The van der Waals surface area contributed by atoms with E-state index in [1.54, 1.807) is 6.92 Å². The van der Waals surface area contributed by atoms with Crippen LogP contribution in [-0.2, 0) is 4.79 Å². The van der Waals surface area contributed by atoms with Gasteiger partial charge in [0.2, 0.25) is 5.84 Å². The minimum Gasteiger partial charge on any atom is -0.876 e. The van der Waals surface area contributed by atoms with Gasteiger partial charge >= 0.3 is 25.0 Å². The summed E-state index contributed by atoms with van der Waals surface area (Å²) in [6, 6.07) is 2.65. The first-order valence-corrected chi connectivity index (χ1v) is 6.29. The second kappa shape index (κ2) is 7.19. The third-order valence-corrected chi connectivity index (χ3v) is 3.16. The molecule has 0 bridgehead atoms. The molecule has 6 nitrogen and oxygen atoms in total. The van der Waals surface area contributed by atoms with Crippen molar-refractivity contribution < 1.29 is 51.4 Å². The number of aliphatic imine (C=N–C) groups is 1. The topological polar surface area (TPSA) is 74.2 Å². The fourth-order valence-corrected chi connectivity index (χ4v) is 2.13. The van der Waals surface area contributed by atoms with E-state index in [0.717, 1.165) is 0 Å². The average molecular weight is 336 g/mol. The van der Waals surface area contributed by atoms with Gasteiger partial charge in [0.15, 0.2) is 0 Å². The maximum atomic E-state index is 13.1. The van der Waals surface area contributed by atoms with Gasteiger partial charge in [-0.05, 0) is 18.6 Å². The van der Waals surface area contributed by atoms with Crippen molar-refractivity contribution in [1.29, 1.82) is 0 Å². The van der Waals surface area contributed by atoms with Crippen molar-refractivity contribution >= 4 is 17.4 Å². The molecule has 1 heterocycles. The third kappa shape index (κ3) is 3.37. The summed E-state index contributed by atoms with van der Waals surface area (Å²) in [5.41, 5.74) is -0.520. The Morgan fingerprint density at radius 2 is 1.79 bits per heavy atom. The minimum atomic E-state index is -4.92. The molecule has 124 valence electrons. The molecular formula is C14H12F3LiN2O4. The van der Waals surface area contributed by atoms with Crippen LogP contribution in [0.3, 0.4) is 0 Å². The van der Waals surface area contributed by atoms with Crippen LogP contribution >= 0.6 is 0 Å². The number of rotatable bonds is 3. The zero-order valence-corrected chi connectivity index (χ0v) is 13.4. The number of methoxy groups -OCH3 is 2. The molecule has 2 rings (SSSR count). The molecule has 0 unspecified atom stereocenters. The van der Waals surface area contributed by atoms with Crippen LogP contribution in [0.2, 0.25) is 0 Å². The van der Waals surface area contributed by atoms with Gasteiger partial charge in [-0.1, -0.05) is 0 Å². The third-order valence-electron chi connectivity index (χ3n) is 3.16. The number of amidine groups is 1. The number of benzene rings is 1. The Morgan fingerprint density at radius 3 is 2.25 bits per heavy atom. The molecule has 0 fully saturated rings. The normalized spacial score (nSPS) is 16.1.